The molecule has 3 fully saturated rings. The molecule has 0 bridgehead atoms. The fourth-order valence-corrected chi connectivity index (χ4v) is 3.52. The van der Waals surface area contributed by atoms with Crippen molar-refractivity contribution in [1.29, 1.82) is 0 Å². The average molecular weight is 279 g/mol. The van der Waals surface area contributed by atoms with E-state index in [4.69, 9.17) is 0 Å². The first-order chi connectivity index (χ1) is 9.81. The second-order valence-electron chi connectivity index (χ2n) is 6.87. The molecule has 0 aromatic rings. The standard InChI is InChI=1S/C16H29N3O/c20-16(19-9-2-1-3-10-19)13-18-8-4-5-14(12-18)11-17-15-6-7-15/h14-15,17H,1-13H2. The maximum Gasteiger partial charge on any atom is 0.236 e. The van der Waals surface area contributed by atoms with Gasteiger partial charge in [0.2, 0.25) is 5.91 Å². The van der Waals surface area contributed by atoms with E-state index < -0.39 is 0 Å². The number of carbonyl (C=O) groups is 1. The van der Waals surface area contributed by atoms with E-state index in [-0.39, 0.29) is 0 Å². The summed E-state index contributed by atoms with van der Waals surface area (Å²) in [6.07, 6.45) is 8.99. The van der Waals surface area contributed by atoms with Crippen molar-refractivity contribution >= 4 is 5.91 Å². The highest BCUT2D eigenvalue weighted by molar-refractivity contribution is 5.78. The molecular formula is C16H29N3O. The Hall–Kier alpha value is -0.610. The highest BCUT2D eigenvalue weighted by Gasteiger charge is 2.26. The van der Waals surface area contributed by atoms with Gasteiger partial charge in [-0.05, 0) is 64.0 Å². The van der Waals surface area contributed by atoms with Gasteiger partial charge < -0.3 is 10.2 Å². The molecule has 1 unspecified atom stereocenters. The van der Waals surface area contributed by atoms with Crippen LogP contribution in [0.25, 0.3) is 0 Å². The fourth-order valence-electron chi connectivity index (χ4n) is 3.52. The van der Waals surface area contributed by atoms with Gasteiger partial charge in [-0.15, -0.1) is 0 Å². The van der Waals surface area contributed by atoms with Crippen molar-refractivity contribution in [2.75, 3.05) is 39.3 Å². The highest BCUT2D eigenvalue weighted by Crippen LogP contribution is 2.21. The molecular weight excluding hydrogens is 250 g/mol. The Kier molecular flexibility index (Phi) is 4.94. The van der Waals surface area contributed by atoms with Crippen molar-refractivity contribution in [2.45, 2.75) is 51.0 Å². The van der Waals surface area contributed by atoms with Gasteiger partial charge in [-0.3, -0.25) is 9.69 Å². The van der Waals surface area contributed by atoms with Crippen LogP contribution in [0.2, 0.25) is 0 Å². The predicted molar refractivity (Wildman–Crippen MR) is 80.6 cm³/mol. The molecule has 2 heterocycles. The van der Waals surface area contributed by atoms with E-state index in [9.17, 15) is 4.79 Å². The van der Waals surface area contributed by atoms with Gasteiger partial charge in [-0.25, -0.2) is 0 Å². The molecule has 114 valence electrons. The summed E-state index contributed by atoms with van der Waals surface area (Å²) in [7, 11) is 0. The maximum absolute atomic E-state index is 12.3. The first-order valence-corrected chi connectivity index (χ1v) is 8.55. The lowest BCUT2D eigenvalue weighted by Gasteiger charge is -2.35. The molecule has 1 atom stereocenters. The minimum absolute atomic E-state index is 0.362. The Morgan fingerprint density at radius 1 is 1.00 bits per heavy atom. The topological polar surface area (TPSA) is 35.6 Å². The first-order valence-electron chi connectivity index (χ1n) is 8.55. The summed E-state index contributed by atoms with van der Waals surface area (Å²) >= 11 is 0. The number of carbonyl (C=O) groups excluding carboxylic acids is 1. The summed E-state index contributed by atoms with van der Waals surface area (Å²) < 4.78 is 0. The molecule has 1 saturated carbocycles. The molecule has 20 heavy (non-hydrogen) atoms. The Labute approximate surface area is 122 Å². The average Bonchev–Trinajstić information content (AvgIpc) is 3.31. The summed E-state index contributed by atoms with van der Waals surface area (Å²) in [6.45, 7) is 6.00. The summed E-state index contributed by atoms with van der Waals surface area (Å²) in [6, 6.07) is 0.806. The monoisotopic (exact) mass is 279 g/mol. The smallest absolute Gasteiger partial charge is 0.236 e. The molecule has 0 aromatic carbocycles. The van der Waals surface area contributed by atoms with Crippen LogP contribution in [0.15, 0.2) is 0 Å². The molecule has 0 aromatic heterocycles. The normalized spacial score (nSPS) is 28.6. The number of nitrogens with one attached hydrogen (secondary N) is 1. The van der Waals surface area contributed by atoms with Gasteiger partial charge in [0.15, 0.2) is 0 Å². The van der Waals surface area contributed by atoms with E-state index in [2.05, 4.69) is 15.1 Å². The van der Waals surface area contributed by atoms with Gasteiger partial charge in [-0.2, -0.15) is 0 Å². The minimum Gasteiger partial charge on any atom is -0.342 e. The largest absolute Gasteiger partial charge is 0.342 e. The van der Waals surface area contributed by atoms with Gasteiger partial charge in [0.25, 0.3) is 0 Å². The molecule has 2 saturated heterocycles. The third-order valence-electron chi connectivity index (χ3n) is 4.94. The Balaban J connectivity index is 1.40. The minimum atomic E-state index is 0.362. The van der Waals surface area contributed by atoms with E-state index in [0.717, 1.165) is 44.7 Å². The summed E-state index contributed by atoms with van der Waals surface area (Å²) in [5.41, 5.74) is 0. The van der Waals surface area contributed by atoms with Crippen molar-refractivity contribution in [3.63, 3.8) is 0 Å². The summed E-state index contributed by atoms with van der Waals surface area (Å²) in [5.74, 6) is 1.11. The van der Waals surface area contributed by atoms with E-state index in [1.165, 1.54) is 44.9 Å². The van der Waals surface area contributed by atoms with Crippen LogP contribution in [0.1, 0.15) is 44.9 Å². The maximum atomic E-state index is 12.3. The molecule has 4 nitrogen and oxygen atoms in total. The van der Waals surface area contributed by atoms with Crippen LogP contribution in [0.4, 0.5) is 0 Å². The highest BCUT2D eigenvalue weighted by atomic mass is 16.2. The number of rotatable bonds is 5. The molecule has 1 amide bonds. The van der Waals surface area contributed by atoms with Crippen LogP contribution in [-0.2, 0) is 4.79 Å². The SMILES string of the molecule is O=C(CN1CCCC(CNC2CC2)C1)N1CCCCC1. The lowest BCUT2D eigenvalue weighted by molar-refractivity contribution is -0.133. The van der Waals surface area contributed by atoms with Crippen molar-refractivity contribution < 1.29 is 4.79 Å². The number of hydrogen-bond donors (Lipinski definition) is 1. The summed E-state index contributed by atoms with van der Waals surface area (Å²) in [4.78, 5) is 16.8. The van der Waals surface area contributed by atoms with Gasteiger partial charge in [0, 0.05) is 25.7 Å². The van der Waals surface area contributed by atoms with Gasteiger partial charge in [0.05, 0.1) is 6.54 Å². The van der Waals surface area contributed by atoms with Crippen LogP contribution in [-0.4, -0.2) is 61.0 Å². The van der Waals surface area contributed by atoms with Crippen molar-refractivity contribution in [3.8, 4) is 0 Å². The molecule has 0 spiro atoms. The Morgan fingerprint density at radius 2 is 1.80 bits per heavy atom. The zero-order valence-corrected chi connectivity index (χ0v) is 12.6. The van der Waals surface area contributed by atoms with Crippen LogP contribution in [0.5, 0.6) is 0 Å². The van der Waals surface area contributed by atoms with E-state index >= 15 is 0 Å². The van der Waals surface area contributed by atoms with Crippen LogP contribution in [0.3, 0.4) is 0 Å². The van der Waals surface area contributed by atoms with Gasteiger partial charge in [-0.1, -0.05) is 0 Å². The second kappa shape index (κ2) is 6.90. The molecule has 4 heteroatoms. The lowest BCUT2D eigenvalue weighted by atomic mass is 9.98. The number of hydrogen-bond acceptors (Lipinski definition) is 3. The fraction of sp³-hybridized carbons (Fsp3) is 0.938. The number of amides is 1. The number of piperidine rings is 2. The van der Waals surface area contributed by atoms with Crippen molar-refractivity contribution in [3.05, 3.63) is 0 Å². The lowest BCUT2D eigenvalue weighted by Crippen LogP contribution is -2.47. The quantitative estimate of drug-likeness (QED) is 0.827. The van der Waals surface area contributed by atoms with Crippen molar-refractivity contribution in [1.82, 2.24) is 15.1 Å². The summed E-state index contributed by atoms with van der Waals surface area (Å²) in [5, 5.41) is 3.64. The number of nitrogens with zero attached hydrogens (tertiary/aromatic N) is 2. The zero-order valence-electron chi connectivity index (χ0n) is 12.6. The van der Waals surface area contributed by atoms with Gasteiger partial charge >= 0.3 is 0 Å². The van der Waals surface area contributed by atoms with Crippen molar-refractivity contribution in [2.24, 2.45) is 5.92 Å². The Bertz CT molecular complexity index is 324. The molecule has 2 aliphatic heterocycles. The van der Waals surface area contributed by atoms with Crippen LogP contribution in [0, 0.1) is 5.92 Å². The molecule has 0 radical (unpaired) electrons. The number of likely N-dealkylation sites (tertiary alicyclic amines) is 2. The van der Waals surface area contributed by atoms with E-state index in [0.29, 0.717) is 12.5 Å². The van der Waals surface area contributed by atoms with Crippen LogP contribution >= 0.6 is 0 Å². The second-order valence-corrected chi connectivity index (χ2v) is 6.87. The first kappa shape index (κ1) is 14.3. The molecule has 1 N–H and O–H groups in total. The zero-order chi connectivity index (χ0) is 13.8. The molecule has 3 aliphatic rings. The predicted octanol–water partition coefficient (Wildman–Crippen LogP) is 1.46. The van der Waals surface area contributed by atoms with E-state index in [1.807, 2.05) is 0 Å². The third-order valence-corrected chi connectivity index (χ3v) is 4.94. The molecule has 1 aliphatic carbocycles. The van der Waals surface area contributed by atoms with Gasteiger partial charge in [0.1, 0.15) is 0 Å². The van der Waals surface area contributed by atoms with Crippen LogP contribution < -0.4 is 5.32 Å². The van der Waals surface area contributed by atoms with E-state index in [1.54, 1.807) is 0 Å². The molecule has 3 rings (SSSR count). The Morgan fingerprint density at radius 3 is 2.55 bits per heavy atom. The third kappa shape index (κ3) is 4.19.